The van der Waals surface area contributed by atoms with E-state index in [2.05, 4.69) is 0 Å². The number of hydrogen-bond acceptors (Lipinski definition) is 2. The summed E-state index contributed by atoms with van der Waals surface area (Å²) >= 11 is 5.89. The van der Waals surface area contributed by atoms with Gasteiger partial charge in [-0.05, 0) is 31.0 Å². The fraction of sp³-hybridized carbons (Fsp3) is 0.500. The summed E-state index contributed by atoms with van der Waals surface area (Å²) in [6.45, 7) is 1.57. The molecule has 0 bridgehead atoms. The molecule has 96 valence electrons. The first-order chi connectivity index (χ1) is 7.90. The van der Waals surface area contributed by atoms with Gasteiger partial charge in [0.2, 0.25) is 0 Å². The van der Waals surface area contributed by atoms with Crippen molar-refractivity contribution in [2.45, 2.75) is 25.8 Å². The van der Waals surface area contributed by atoms with Crippen molar-refractivity contribution in [3.63, 3.8) is 0 Å². The van der Waals surface area contributed by atoms with Crippen LogP contribution < -0.4 is 10.6 Å². The number of rotatable bonds is 5. The molecule has 0 aliphatic carbocycles. The first-order valence-electron chi connectivity index (χ1n) is 5.43. The highest BCUT2D eigenvalue weighted by Gasteiger charge is 2.13. The van der Waals surface area contributed by atoms with Gasteiger partial charge in [0.05, 0.1) is 6.54 Å². The highest BCUT2D eigenvalue weighted by molar-refractivity contribution is 6.30. The molecule has 2 nitrogen and oxygen atoms in total. The molecule has 1 rings (SSSR count). The van der Waals surface area contributed by atoms with Gasteiger partial charge in [-0.2, -0.15) is 0 Å². The van der Waals surface area contributed by atoms with Gasteiger partial charge in [0, 0.05) is 23.8 Å². The maximum absolute atomic E-state index is 12.4. The Labute approximate surface area is 105 Å². The van der Waals surface area contributed by atoms with E-state index in [1.165, 1.54) is 4.90 Å². The van der Waals surface area contributed by atoms with E-state index < -0.39 is 6.43 Å². The number of halogens is 3. The topological polar surface area (TPSA) is 29.3 Å². The maximum atomic E-state index is 12.4. The van der Waals surface area contributed by atoms with Crippen molar-refractivity contribution in [1.82, 2.24) is 0 Å². The minimum atomic E-state index is -2.37. The van der Waals surface area contributed by atoms with Crippen molar-refractivity contribution >= 4 is 17.3 Å². The van der Waals surface area contributed by atoms with Gasteiger partial charge in [0.15, 0.2) is 0 Å². The summed E-state index contributed by atoms with van der Waals surface area (Å²) < 4.78 is 24.7. The summed E-state index contributed by atoms with van der Waals surface area (Å²) in [6.07, 6.45) is -1.73. The highest BCUT2D eigenvalue weighted by atomic mass is 35.5. The van der Waals surface area contributed by atoms with Gasteiger partial charge in [-0.1, -0.05) is 17.7 Å². The Balaban J connectivity index is 2.97. The third-order valence-electron chi connectivity index (χ3n) is 2.41. The van der Waals surface area contributed by atoms with Crippen LogP contribution >= 0.6 is 11.6 Å². The summed E-state index contributed by atoms with van der Waals surface area (Å²) in [4.78, 5) is 1.51. The van der Waals surface area contributed by atoms with Gasteiger partial charge in [-0.15, -0.1) is 0 Å². The molecule has 1 aromatic rings. The second-order valence-corrected chi connectivity index (χ2v) is 4.66. The normalized spacial score (nSPS) is 12.9. The summed E-state index contributed by atoms with van der Waals surface area (Å²) in [7, 11) is 1.63. The Morgan fingerprint density at radius 3 is 2.59 bits per heavy atom. The molecule has 0 amide bonds. The van der Waals surface area contributed by atoms with E-state index in [0.29, 0.717) is 11.4 Å². The van der Waals surface area contributed by atoms with Gasteiger partial charge in [0.1, 0.15) is 0 Å². The molecule has 17 heavy (non-hydrogen) atoms. The van der Waals surface area contributed by atoms with E-state index in [4.69, 9.17) is 17.3 Å². The lowest BCUT2D eigenvalue weighted by molar-refractivity contribution is 0.156. The molecule has 5 heteroatoms. The van der Waals surface area contributed by atoms with E-state index >= 15 is 0 Å². The largest absolute Gasteiger partial charge is 0.369 e. The predicted octanol–water partition coefficient (Wildman–Crippen LogP) is 2.93. The number of anilines is 1. The SMILES string of the molecule is CC(N)Cc1ccc(Cl)cc1N(C)CC(F)F. The van der Waals surface area contributed by atoms with Crippen LogP contribution in [0, 0.1) is 0 Å². The van der Waals surface area contributed by atoms with E-state index in [1.807, 2.05) is 13.0 Å². The first kappa shape index (κ1) is 14.2. The van der Waals surface area contributed by atoms with Crippen LogP contribution in [0.5, 0.6) is 0 Å². The van der Waals surface area contributed by atoms with E-state index in [-0.39, 0.29) is 12.6 Å². The van der Waals surface area contributed by atoms with Crippen LogP contribution in [0.2, 0.25) is 5.02 Å². The second-order valence-electron chi connectivity index (χ2n) is 4.23. The van der Waals surface area contributed by atoms with Gasteiger partial charge >= 0.3 is 0 Å². The lowest BCUT2D eigenvalue weighted by Gasteiger charge is -2.23. The average Bonchev–Trinajstić information content (AvgIpc) is 2.19. The van der Waals surface area contributed by atoms with E-state index in [1.54, 1.807) is 19.2 Å². The predicted molar refractivity (Wildman–Crippen MR) is 68.1 cm³/mol. The zero-order valence-corrected chi connectivity index (χ0v) is 10.7. The van der Waals surface area contributed by atoms with Crippen molar-refractivity contribution in [3.8, 4) is 0 Å². The number of hydrogen-bond donors (Lipinski definition) is 1. The number of nitrogens with two attached hydrogens (primary N) is 1. The quantitative estimate of drug-likeness (QED) is 0.884. The molecule has 1 atom stereocenters. The molecule has 0 saturated carbocycles. The molecule has 0 heterocycles. The number of nitrogens with zero attached hydrogens (tertiary/aromatic N) is 1. The molecule has 0 saturated heterocycles. The Morgan fingerprint density at radius 1 is 1.41 bits per heavy atom. The number of benzene rings is 1. The summed E-state index contributed by atoms with van der Waals surface area (Å²) in [5, 5.41) is 0.537. The van der Waals surface area contributed by atoms with Gasteiger partial charge < -0.3 is 10.6 Å². The molecule has 2 N–H and O–H groups in total. The molecule has 0 radical (unpaired) electrons. The Morgan fingerprint density at radius 2 is 2.06 bits per heavy atom. The monoisotopic (exact) mass is 262 g/mol. The lowest BCUT2D eigenvalue weighted by atomic mass is 10.0. The number of alkyl halides is 2. The molecule has 0 fully saturated rings. The van der Waals surface area contributed by atoms with Crippen LogP contribution in [0.15, 0.2) is 18.2 Å². The third kappa shape index (κ3) is 4.48. The lowest BCUT2D eigenvalue weighted by Crippen LogP contribution is -2.26. The summed E-state index contributed by atoms with van der Waals surface area (Å²) in [5.74, 6) is 0. The standard InChI is InChI=1S/C12H17ClF2N2/c1-8(16)5-9-3-4-10(13)6-11(9)17(2)7-12(14)15/h3-4,6,8,12H,5,7,16H2,1-2H3. The van der Waals surface area contributed by atoms with E-state index in [0.717, 1.165) is 11.3 Å². The fourth-order valence-electron chi connectivity index (χ4n) is 1.72. The molecular formula is C12H17ClF2N2. The molecule has 1 unspecified atom stereocenters. The van der Waals surface area contributed by atoms with Crippen molar-refractivity contribution in [2.24, 2.45) is 5.73 Å². The van der Waals surface area contributed by atoms with Gasteiger partial charge in [-0.25, -0.2) is 8.78 Å². The van der Waals surface area contributed by atoms with Gasteiger partial charge in [-0.3, -0.25) is 0 Å². The molecule has 0 aliphatic rings. The van der Waals surface area contributed by atoms with Crippen LogP contribution in [0.25, 0.3) is 0 Å². The van der Waals surface area contributed by atoms with Crippen LogP contribution in [-0.2, 0) is 6.42 Å². The highest BCUT2D eigenvalue weighted by Crippen LogP contribution is 2.25. The van der Waals surface area contributed by atoms with Gasteiger partial charge in [0.25, 0.3) is 6.43 Å². The van der Waals surface area contributed by atoms with Crippen LogP contribution in [0.4, 0.5) is 14.5 Å². The first-order valence-corrected chi connectivity index (χ1v) is 5.81. The van der Waals surface area contributed by atoms with Crippen molar-refractivity contribution in [3.05, 3.63) is 28.8 Å². The van der Waals surface area contributed by atoms with E-state index in [9.17, 15) is 8.78 Å². The zero-order chi connectivity index (χ0) is 13.0. The smallest absolute Gasteiger partial charge is 0.255 e. The Bertz CT molecular complexity index is 370. The van der Waals surface area contributed by atoms with Crippen molar-refractivity contribution in [1.29, 1.82) is 0 Å². The Kier molecular flexibility index (Phi) is 5.15. The van der Waals surface area contributed by atoms with Crippen LogP contribution in [-0.4, -0.2) is 26.1 Å². The average molecular weight is 263 g/mol. The summed E-state index contributed by atoms with van der Waals surface area (Å²) in [6, 6.07) is 5.26. The second kappa shape index (κ2) is 6.17. The van der Waals surface area contributed by atoms with Crippen LogP contribution in [0.3, 0.4) is 0 Å². The maximum Gasteiger partial charge on any atom is 0.255 e. The van der Waals surface area contributed by atoms with Crippen molar-refractivity contribution in [2.75, 3.05) is 18.5 Å². The minimum Gasteiger partial charge on any atom is -0.369 e. The molecular weight excluding hydrogens is 246 g/mol. The molecule has 1 aromatic carbocycles. The molecule has 0 aliphatic heterocycles. The fourth-order valence-corrected chi connectivity index (χ4v) is 1.88. The third-order valence-corrected chi connectivity index (χ3v) is 2.65. The molecule has 0 aromatic heterocycles. The zero-order valence-electron chi connectivity index (χ0n) is 9.96. The molecule has 0 spiro atoms. The minimum absolute atomic E-state index is 0.0186. The Hall–Kier alpha value is -0.870. The van der Waals surface area contributed by atoms with Crippen LogP contribution in [0.1, 0.15) is 12.5 Å². The summed E-state index contributed by atoms with van der Waals surface area (Å²) in [5.41, 5.74) is 7.39. The van der Waals surface area contributed by atoms with Crippen molar-refractivity contribution < 1.29 is 8.78 Å².